The van der Waals surface area contributed by atoms with Crippen LogP contribution in [-0.4, -0.2) is 23.5 Å². The number of nitrogens with one attached hydrogen (secondary N) is 1. The molecule has 96 valence electrons. The summed E-state index contributed by atoms with van der Waals surface area (Å²) >= 11 is 1.54. The summed E-state index contributed by atoms with van der Waals surface area (Å²) in [6.07, 6.45) is 2.80. The molecule has 0 atom stereocenters. The first-order valence-corrected chi connectivity index (χ1v) is 7.21. The molecular formula is C14H17NO2S. The summed E-state index contributed by atoms with van der Waals surface area (Å²) in [4.78, 5) is 23.9. The Hall–Kier alpha value is -1.29. The topological polar surface area (TPSA) is 46.2 Å². The molecule has 0 aromatic heterocycles. The highest BCUT2D eigenvalue weighted by atomic mass is 32.2. The lowest BCUT2D eigenvalue weighted by molar-refractivity contribution is -0.123. The van der Waals surface area contributed by atoms with Crippen molar-refractivity contribution in [3.05, 3.63) is 30.3 Å². The monoisotopic (exact) mass is 263 g/mol. The Kier molecular flexibility index (Phi) is 4.81. The third kappa shape index (κ3) is 4.18. The highest BCUT2D eigenvalue weighted by Gasteiger charge is 2.19. The minimum absolute atomic E-state index is 0.0585. The molecule has 1 aliphatic carbocycles. The molecular weight excluding hydrogens is 246 g/mol. The highest BCUT2D eigenvalue weighted by molar-refractivity contribution is 8.00. The van der Waals surface area contributed by atoms with Crippen molar-refractivity contribution in [3.8, 4) is 0 Å². The standard InChI is InChI=1S/C14H17NO2S/c16-12-8-6-11(7-9-12)15-14(17)10-18-13-4-2-1-3-5-13/h1-5,11H,6-10H2,(H,15,17). The SMILES string of the molecule is O=C1CCC(NC(=O)CSc2ccccc2)CC1. The van der Waals surface area contributed by atoms with E-state index in [4.69, 9.17) is 0 Å². The minimum Gasteiger partial charge on any atom is -0.353 e. The molecule has 4 heteroatoms. The number of hydrogen-bond acceptors (Lipinski definition) is 3. The number of hydrogen-bond donors (Lipinski definition) is 1. The van der Waals surface area contributed by atoms with Crippen LogP contribution in [0.25, 0.3) is 0 Å². The molecule has 0 saturated heterocycles. The zero-order valence-electron chi connectivity index (χ0n) is 10.2. The van der Waals surface area contributed by atoms with Gasteiger partial charge in [0.25, 0.3) is 0 Å². The first-order valence-electron chi connectivity index (χ1n) is 6.23. The minimum atomic E-state index is 0.0585. The summed E-state index contributed by atoms with van der Waals surface area (Å²) in [5.41, 5.74) is 0. The number of rotatable bonds is 4. The van der Waals surface area contributed by atoms with E-state index in [9.17, 15) is 9.59 Å². The molecule has 2 rings (SSSR count). The maximum absolute atomic E-state index is 11.7. The van der Waals surface area contributed by atoms with Gasteiger partial charge in [0.15, 0.2) is 0 Å². The van der Waals surface area contributed by atoms with Crippen LogP contribution in [0.4, 0.5) is 0 Å². The molecule has 3 nitrogen and oxygen atoms in total. The van der Waals surface area contributed by atoms with Gasteiger partial charge in [-0.3, -0.25) is 9.59 Å². The second-order valence-electron chi connectivity index (χ2n) is 4.48. The smallest absolute Gasteiger partial charge is 0.230 e. The third-order valence-corrected chi connectivity index (χ3v) is 4.03. The number of ketones is 1. The maximum Gasteiger partial charge on any atom is 0.230 e. The van der Waals surface area contributed by atoms with Gasteiger partial charge in [-0.1, -0.05) is 18.2 Å². The summed E-state index contributed by atoms with van der Waals surface area (Å²) < 4.78 is 0. The fourth-order valence-electron chi connectivity index (χ4n) is 2.02. The van der Waals surface area contributed by atoms with Gasteiger partial charge in [-0.15, -0.1) is 11.8 Å². The number of carbonyl (C=O) groups is 2. The normalized spacial score (nSPS) is 16.6. The lowest BCUT2D eigenvalue weighted by Gasteiger charge is -2.22. The molecule has 1 saturated carbocycles. The van der Waals surface area contributed by atoms with Crippen LogP contribution in [0.2, 0.25) is 0 Å². The van der Waals surface area contributed by atoms with Crippen molar-refractivity contribution in [3.63, 3.8) is 0 Å². The molecule has 0 bridgehead atoms. The summed E-state index contributed by atoms with van der Waals surface area (Å²) in [5.74, 6) is 0.816. The molecule has 1 aromatic rings. The molecule has 0 unspecified atom stereocenters. The van der Waals surface area contributed by atoms with E-state index in [1.165, 1.54) is 11.8 Å². The van der Waals surface area contributed by atoms with Crippen LogP contribution >= 0.6 is 11.8 Å². The lowest BCUT2D eigenvalue weighted by atomic mass is 9.94. The van der Waals surface area contributed by atoms with E-state index in [0.717, 1.165) is 17.7 Å². The Labute approximate surface area is 111 Å². The summed E-state index contributed by atoms with van der Waals surface area (Å²) in [5, 5.41) is 3.00. The number of thioether (sulfide) groups is 1. The molecule has 1 N–H and O–H groups in total. The first kappa shape index (κ1) is 13.1. The van der Waals surface area contributed by atoms with Crippen LogP contribution in [0.15, 0.2) is 35.2 Å². The second kappa shape index (κ2) is 6.59. The number of carbonyl (C=O) groups excluding carboxylic acids is 2. The Morgan fingerprint density at radius 3 is 2.56 bits per heavy atom. The van der Waals surface area contributed by atoms with Crippen LogP contribution in [-0.2, 0) is 9.59 Å². The van der Waals surface area contributed by atoms with Crippen molar-refractivity contribution >= 4 is 23.5 Å². The second-order valence-corrected chi connectivity index (χ2v) is 5.53. The predicted molar refractivity (Wildman–Crippen MR) is 72.6 cm³/mol. The van der Waals surface area contributed by atoms with Crippen molar-refractivity contribution in [2.45, 2.75) is 36.6 Å². The Morgan fingerprint density at radius 2 is 1.89 bits per heavy atom. The largest absolute Gasteiger partial charge is 0.353 e. The molecule has 0 aliphatic heterocycles. The fraction of sp³-hybridized carbons (Fsp3) is 0.429. The van der Waals surface area contributed by atoms with Crippen molar-refractivity contribution < 1.29 is 9.59 Å². The zero-order chi connectivity index (χ0) is 12.8. The molecule has 1 amide bonds. The van der Waals surface area contributed by atoms with E-state index in [1.54, 1.807) is 0 Å². The molecule has 0 heterocycles. The van der Waals surface area contributed by atoms with Crippen LogP contribution in [0.1, 0.15) is 25.7 Å². The number of amides is 1. The van der Waals surface area contributed by atoms with Gasteiger partial charge in [-0.25, -0.2) is 0 Å². The van der Waals surface area contributed by atoms with Crippen LogP contribution < -0.4 is 5.32 Å². The Balaban J connectivity index is 1.71. The zero-order valence-corrected chi connectivity index (χ0v) is 11.0. The van der Waals surface area contributed by atoms with E-state index in [0.29, 0.717) is 24.4 Å². The van der Waals surface area contributed by atoms with Gasteiger partial charge < -0.3 is 5.32 Å². The van der Waals surface area contributed by atoms with Gasteiger partial charge in [-0.05, 0) is 25.0 Å². The third-order valence-electron chi connectivity index (χ3n) is 3.02. The molecule has 1 aromatic carbocycles. The quantitative estimate of drug-likeness (QED) is 0.849. The summed E-state index contributed by atoms with van der Waals surface area (Å²) in [6.45, 7) is 0. The van der Waals surface area contributed by atoms with Crippen molar-refractivity contribution in [1.29, 1.82) is 0 Å². The van der Waals surface area contributed by atoms with Gasteiger partial charge in [-0.2, -0.15) is 0 Å². The van der Waals surface area contributed by atoms with Gasteiger partial charge >= 0.3 is 0 Å². The molecule has 0 radical (unpaired) electrons. The molecule has 0 spiro atoms. The fourth-order valence-corrected chi connectivity index (χ4v) is 2.75. The van der Waals surface area contributed by atoms with E-state index >= 15 is 0 Å². The van der Waals surface area contributed by atoms with E-state index in [-0.39, 0.29) is 11.9 Å². The first-order chi connectivity index (χ1) is 8.74. The molecule has 1 fully saturated rings. The summed E-state index contributed by atoms with van der Waals surface area (Å²) in [6, 6.07) is 10.1. The lowest BCUT2D eigenvalue weighted by Crippen LogP contribution is -2.38. The Morgan fingerprint density at radius 1 is 1.22 bits per heavy atom. The Bertz CT molecular complexity index is 409. The van der Waals surface area contributed by atoms with Crippen LogP contribution in [0, 0.1) is 0 Å². The molecule has 18 heavy (non-hydrogen) atoms. The average molecular weight is 263 g/mol. The van der Waals surface area contributed by atoms with Gasteiger partial charge in [0.1, 0.15) is 5.78 Å². The number of benzene rings is 1. The van der Waals surface area contributed by atoms with Gasteiger partial charge in [0.2, 0.25) is 5.91 Å². The molecule has 1 aliphatic rings. The average Bonchev–Trinajstić information content (AvgIpc) is 2.40. The predicted octanol–water partition coefficient (Wildman–Crippen LogP) is 2.41. The van der Waals surface area contributed by atoms with Gasteiger partial charge in [0, 0.05) is 23.8 Å². The van der Waals surface area contributed by atoms with Gasteiger partial charge in [0.05, 0.1) is 5.75 Å². The van der Waals surface area contributed by atoms with Crippen LogP contribution in [0.3, 0.4) is 0 Å². The highest BCUT2D eigenvalue weighted by Crippen LogP contribution is 2.18. The number of Topliss-reactive ketones (excluding diaryl/α,β-unsaturated/α-hetero) is 1. The summed E-state index contributed by atoms with van der Waals surface area (Å²) in [7, 11) is 0. The van der Waals surface area contributed by atoms with Crippen molar-refractivity contribution in [2.24, 2.45) is 0 Å². The van der Waals surface area contributed by atoms with Crippen molar-refractivity contribution in [2.75, 3.05) is 5.75 Å². The van der Waals surface area contributed by atoms with E-state index in [1.807, 2.05) is 30.3 Å². The van der Waals surface area contributed by atoms with E-state index in [2.05, 4.69) is 5.32 Å². The van der Waals surface area contributed by atoms with Crippen molar-refractivity contribution in [1.82, 2.24) is 5.32 Å². The van der Waals surface area contributed by atoms with Crippen LogP contribution in [0.5, 0.6) is 0 Å². The maximum atomic E-state index is 11.7. The van der Waals surface area contributed by atoms with E-state index < -0.39 is 0 Å².